The van der Waals surface area contributed by atoms with Crippen LogP contribution in [0.5, 0.6) is 5.75 Å². The molecule has 15 heteroatoms. The first kappa shape index (κ1) is 35.6. The molecule has 4 unspecified atom stereocenters. The van der Waals surface area contributed by atoms with Crippen LogP contribution in [-0.4, -0.2) is 76.2 Å². The second-order valence-corrected chi connectivity index (χ2v) is 12.2. The number of nitrogens with one attached hydrogen (secondary N) is 3. The van der Waals surface area contributed by atoms with Crippen molar-refractivity contribution >= 4 is 53.1 Å². The molecular weight excluding hydrogens is 638 g/mol. The van der Waals surface area contributed by atoms with Gasteiger partial charge >= 0.3 is 6.09 Å². The van der Waals surface area contributed by atoms with Gasteiger partial charge in [-0.2, -0.15) is 0 Å². The molecule has 1 fully saturated rings. The molecule has 4 rings (SSSR count). The van der Waals surface area contributed by atoms with Crippen LogP contribution in [-0.2, 0) is 36.9 Å². The van der Waals surface area contributed by atoms with Crippen molar-refractivity contribution < 1.29 is 33.5 Å². The maximum Gasteiger partial charge on any atom is 0.413 e. The Bertz CT molecular complexity index is 1610. The van der Waals surface area contributed by atoms with Gasteiger partial charge in [0.05, 0.1) is 17.8 Å². The summed E-state index contributed by atoms with van der Waals surface area (Å²) in [6.45, 7) is -0.191. The molecular formula is C33H37N7O7S. The SMILES string of the molecule is NCC(NC(=O)Oc1ccc(CC(N)C(=O)Nc2ccccc2)cc1)C(=O)NC(CSC1CC(=O)N(Cc2ccccc2)C1=O)C(N)=O. The number of para-hydroxylation sites is 1. The minimum Gasteiger partial charge on any atom is -0.410 e. The van der Waals surface area contributed by atoms with Gasteiger partial charge in [0.25, 0.3) is 0 Å². The lowest BCUT2D eigenvalue weighted by atomic mass is 10.1. The average molecular weight is 676 g/mol. The van der Waals surface area contributed by atoms with Gasteiger partial charge in [0.15, 0.2) is 0 Å². The third-order valence-electron chi connectivity index (χ3n) is 7.32. The van der Waals surface area contributed by atoms with Gasteiger partial charge in [0, 0.05) is 24.4 Å². The molecule has 0 spiro atoms. The predicted molar refractivity (Wildman–Crippen MR) is 179 cm³/mol. The van der Waals surface area contributed by atoms with Crippen molar-refractivity contribution in [2.75, 3.05) is 17.6 Å². The zero-order valence-corrected chi connectivity index (χ0v) is 26.7. The van der Waals surface area contributed by atoms with Gasteiger partial charge in [0.1, 0.15) is 17.8 Å². The minimum absolute atomic E-state index is 0.0496. The van der Waals surface area contributed by atoms with E-state index >= 15 is 0 Å². The largest absolute Gasteiger partial charge is 0.413 e. The Morgan fingerprint density at radius 2 is 1.50 bits per heavy atom. The van der Waals surface area contributed by atoms with Crippen molar-refractivity contribution in [3.63, 3.8) is 0 Å². The number of nitrogens with two attached hydrogens (primary N) is 3. The average Bonchev–Trinajstić information content (AvgIpc) is 3.34. The van der Waals surface area contributed by atoms with E-state index in [-0.39, 0.29) is 49.2 Å². The number of nitrogens with zero attached hydrogens (tertiary/aromatic N) is 1. The molecule has 1 saturated heterocycles. The number of anilines is 1. The zero-order valence-electron chi connectivity index (χ0n) is 25.9. The molecule has 0 aliphatic carbocycles. The molecule has 0 bridgehead atoms. The van der Waals surface area contributed by atoms with Gasteiger partial charge in [-0.1, -0.05) is 60.7 Å². The minimum atomic E-state index is -1.28. The summed E-state index contributed by atoms with van der Waals surface area (Å²) in [5.74, 6) is -2.68. The van der Waals surface area contributed by atoms with Crippen LogP contribution in [0.15, 0.2) is 84.9 Å². The number of benzene rings is 3. The lowest BCUT2D eigenvalue weighted by molar-refractivity contribution is -0.139. The molecule has 3 aromatic carbocycles. The highest BCUT2D eigenvalue weighted by Crippen LogP contribution is 2.27. The number of ether oxygens (including phenoxy) is 1. The van der Waals surface area contributed by atoms with E-state index in [1.165, 1.54) is 17.0 Å². The lowest BCUT2D eigenvalue weighted by Gasteiger charge is -2.21. The lowest BCUT2D eigenvalue weighted by Crippen LogP contribution is -2.56. The number of primary amides is 1. The number of imide groups is 1. The molecule has 252 valence electrons. The van der Waals surface area contributed by atoms with E-state index in [4.69, 9.17) is 21.9 Å². The van der Waals surface area contributed by atoms with Crippen molar-refractivity contribution in [2.45, 2.75) is 42.8 Å². The van der Waals surface area contributed by atoms with Crippen LogP contribution in [0.2, 0.25) is 0 Å². The van der Waals surface area contributed by atoms with Crippen molar-refractivity contribution in [3.05, 3.63) is 96.1 Å². The predicted octanol–water partition coefficient (Wildman–Crippen LogP) is 0.642. The van der Waals surface area contributed by atoms with E-state index in [1.54, 1.807) is 36.4 Å². The standard InChI is InChI=1S/C33H37N7O7S/c34-17-25(39-33(46)47-23-13-11-20(12-14-23)15-24(35)30(43)37-22-9-5-2-6-10-22)31(44)38-26(29(36)42)19-48-27-16-28(41)40(32(27)45)18-21-7-3-1-4-8-21/h1-14,24-27H,15-19,34-35H2,(H2,36,42)(H,37,43)(H,38,44)(H,39,46). The van der Waals surface area contributed by atoms with Crippen molar-refractivity contribution in [1.29, 1.82) is 0 Å². The van der Waals surface area contributed by atoms with Crippen LogP contribution in [0.25, 0.3) is 0 Å². The highest BCUT2D eigenvalue weighted by atomic mass is 32.2. The van der Waals surface area contributed by atoms with Crippen LogP contribution < -0.4 is 37.9 Å². The van der Waals surface area contributed by atoms with Crippen molar-refractivity contribution in [2.24, 2.45) is 17.2 Å². The highest BCUT2D eigenvalue weighted by Gasteiger charge is 2.39. The summed E-state index contributed by atoms with van der Waals surface area (Å²) in [4.78, 5) is 76.5. The van der Waals surface area contributed by atoms with Gasteiger partial charge in [-0.3, -0.25) is 28.9 Å². The van der Waals surface area contributed by atoms with Gasteiger partial charge in [-0.25, -0.2) is 4.79 Å². The summed E-state index contributed by atoms with van der Waals surface area (Å²) in [6.07, 6.45) is -0.797. The first-order valence-corrected chi connectivity index (χ1v) is 16.1. The molecule has 0 saturated carbocycles. The van der Waals surface area contributed by atoms with E-state index in [9.17, 15) is 28.8 Å². The Morgan fingerprint density at radius 3 is 2.12 bits per heavy atom. The van der Waals surface area contributed by atoms with E-state index in [0.29, 0.717) is 5.69 Å². The second-order valence-electron chi connectivity index (χ2n) is 10.9. The van der Waals surface area contributed by atoms with Crippen LogP contribution in [0.1, 0.15) is 17.5 Å². The second kappa shape index (κ2) is 17.1. The molecule has 1 aliphatic heterocycles. The number of likely N-dealkylation sites (tertiary alicyclic amines) is 1. The first-order valence-electron chi connectivity index (χ1n) is 15.0. The molecule has 9 N–H and O–H groups in total. The molecule has 48 heavy (non-hydrogen) atoms. The molecule has 0 aromatic heterocycles. The smallest absolute Gasteiger partial charge is 0.410 e. The maximum absolute atomic E-state index is 12.9. The number of rotatable bonds is 15. The molecule has 4 atom stereocenters. The zero-order chi connectivity index (χ0) is 34.6. The first-order chi connectivity index (χ1) is 23.0. The maximum atomic E-state index is 12.9. The fraction of sp³-hybridized carbons (Fsp3) is 0.273. The Balaban J connectivity index is 1.24. The van der Waals surface area contributed by atoms with Crippen LogP contribution in [0.4, 0.5) is 10.5 Å². The Morgan fingerprint density at radius 1 is 0.854 bits per heavy atom. The Kier molecular flexibility index (Phi) is 12.7. The Labute approximate surface area is 281 Å². The van der Waals surface area contributed by atoms with Gasteiger partial charge < -0.3 is 37.9 Å². The number of carbonyl (C=O) groups excluding carboxylic acids is 6. The topological polar surface area (TPSA) is 229 Å². The summed E-state index contributed by atoms with van der Waals surface area (Å²) in [5.41, 5.74) is 19.4. The summed E-state index contributed by atoms with van der Waals surface area (Å²) in [7, 11) is 0. The highest BCUT2D eigenvalue weighted by molar-refractivity contribution is 8.00. The summed E-state index contributed by atoms with van der Waals surface area (Å²) in [6, 6.07) is 21.0. The molecule has 1 aliphatic rings. The number of hydrogen-bond acceptors (Lipinski definition) is 10. The number of amides is 6. The number of hydrogen-bond donors (Lipinski definition) is 6. The fourth-order valence-corrected chi connectivity index (χ4v) is 5.90. The molecule has 3 aromatic rings. The third kappa shape index (κ3) is 10.1. The van der Waals surface area contributed by atoms with E-state index in [2.05, 4.69) is 16.0 Å². The fourth-order valence-electron chi connectivity index (χ4n) is 4.70. The van der Waals surface area contributed by atoms with Crippen LogP contribution >= 0.6 is 11.8 Å². The van der Waals surface area contributed by atoms with Gasteiger partial charge in [-0.15, -0.1) is 11.8 Å². The molecule has 1 heterocycles. The van der Waals surface area contributed by atoms with E-state index < -0.39 is 47.2 Å². The number of thioether (sulfide) groups is 1. The molecule has 14 nitrogen and oxygen atoms in total. The monoisotopic (exact) mass is 675 g/mol. The molecule has 6 amide bonds. The van der Waals surface area contributed by atoms with E-state index in [1.807, 2.05) is 36.4 Å². The van der Waals surface area contributed by atoms with Crippen molar-refractivity contribution in [3.8, 4) is 5.75 Å². The normalized spacial score (nSPS) is 16.0. The summed E-state index contributed by atoms with van der Waals surface area (Å²) < 4.78 is 5.26. The third-order valence-corrected chi connectivity index (χ3v) is 8.62. The van der Waals surface area contributed by atoms with Gasteiger partial charge in [0.2, 0.25) is 29.5 Å². The van der Waals surface area contributed by atoms with Crippen LogP contribution in [0.3, 0.4) is 0 Å². The Hall–Kier alpha value is -5.25. The van der Waals surface area contributed by atoms with E-state index in [0.717, 1.165) is 22.9 Å². The summed E-state index contributed by atoms with van der Waals surface area (Å²) in [5, 5.41) is 6.80. The van der Waals surface area contributed by atoms with Crippen LogP contribution in [0, 0.1) is 0 Å². The quantitative estimate of drug-likeness (QED) is 0.123. The molecule has 0 radical (unpaired) electrons. The summed E-state index contributed by atoms with van der Waals surface area (Å²) >= 11 is 1.03. The van der Waals surface area contributed by atoms with Crippen molar-refractivity contribution in [1.82, 2.24) is 15.5 Å². The number of carbonyl (C=O) groups is 6. The van der Waals surface area contributed by atoms with Gasteiger partial charge in [-0.05, 0) is 41.8 Å².